The highest BCUT2D eigenvalue weighted by Gasteiger charge is 2.38. The van der Waals surface area contributed by atoms with E-state index in [0.717, 1.165) is 25.3 Å². The number of benzene rings is 1. The van der Waals surface area contributed by atoms with E-state index in [0.29, 0.717) is 12.3 Å². The third-order valence-corrected chi connectivity index (χ3v) is 3.12. The summed E-state index contributed by atoms with van der Waals surface area (Å²) >= 11 is 0. The summed E-state index contributed by atoms with van der Waals surface area (Å²) in [6.45, 7) is 2.19. The summed E-state index contributed by atoms with van der Waals surface area (Å²) in [6, 6.07) is 5.08. The lowest BCUT2D eigenvalue weighted by molar-refractivity contribution is 0.183. The Hall–Kier alpha value is -1.29. The number of hydrogen-bond acceptors (Lipinski definition) is 3. The SMILES string of the molecule is Fc1cccc2c1NCC1(CCOC1)N2. The van der Waals surface area contributed by atoms with Gasteiger partial charge in [-0.25, -0.2) is 4.39 Å². The van der Waals surface area contributed by atoms with E-state index in [-0.39, 0.29) is 11.4 Å². The molecule has 80 valence electrons. The van der Waals surface area contributed by atoms with E-state index in [1.165, 1.54) is 6.07 Å². The van der Waals surface area contributed by atoms with Crippen molar-refractivity contribution in [1.29, 1.82) is 0 Å². The molecule has 1 unspecified atom stereocenters. The van der Waals surface area contributed by atoms with Gasteiger partial charge < -0.3 is 15.4 Å². The Bertz CT molecular complexity index is 388. The molecule has 0 aliphatic carbocycles. The molecule has 0 aromatic heterocycles. The molecule has 2 heterocycles. The highest BCUT2D eigenvalue weighted by Crippen LogP contribution is 2.35. The van der Waals surface area contributed by atoms with Gasteiger partial charge >= 0.3 is 0 Å². The summed E-state index contributed by atoms with van der Waals surface area (Å²) < 4.78 is 18.8. The van der Waals surface area contributed by atoms with Gasteiger partial charge in [-0.15, -0.1) is 0 Å². The fourth-order valence-corrected chi connectivity index (χ4v) is 2.24. The highest BCUT2D eigenvalue weighted by atomic mass is 19.1. The first kappa shape index (κ1) is 8.97. The third kappa shape index (κ3) is 1.36. The minimum atomic E-state index is -0.200. The lowest BCUT2D eigenvalue weighted by Crippen LogP contribution is -2.48. The van der Waals surface area contributed by atoms with Crippen LogP contribution in [0.4, 0.5) is 15.8 Å². The van der Waals surface area contributed by atoms with Crippen LogP contribution in [0.2, 0.25) is 0 Å². The van der Waals surface area contributed by atoms with Gasteiger partial charge in [0.05, 0.1) is 23.5 Å². The molecule has 0 bridgehead atoms. The van der Waals surface area contributed by atoms with E-state index >= 15 is 0 Å². The molecular formula is C11H13FN2O. The quantitative estimate of drug-likeness (QED) is 0.682. The van der Waals surface area contributed by atoms with Crippen molar-refractivity contribution >= 4 is 11.4 Å². The monoisotopic (exact) mass is 208 g/mol. The Balaban J connectivity index is 1.96. The first-order valence-corrected chi connectivity index (χ1v) is 5.17. The molecule has 15 heavy (non-hydrogen) atoms. The van der Waals surface area contributed by atoms with Crippen molar-refractivity contribution in [3.05, 3.63) is 24.0 Å². The predicted molar refractivity (Wildman–Crippen MR) is 56.7 cm³/mol. The number of halogens is 1. The van der Waals surface area contributed by atoms with Crippen LogP contribution in [0.1, 0.15) is 6.42 Å². The van der Waals surface area contributed by atoms with Crippen LogP contribution in [0.5, 0.6) is 0 Å². The standard InChI is InChI=1S/C11H13FN2O/c12-8-2-1-3-9-10(8)13-6-11(14-9)4-5-15-7-11/h1-3,13-14H,4-7H2. The molecule has 3 nitrogen and oxygen atoms in total. The van der Waals surface area contributed by atoms with Gasteiger partial charge in [-0.05, 0) is 18.6 Å². The number of para-hydroxylation sites is 1. The van der Waals surface area contributed by atoms with Crippen molar-refractivity contribution in [3.63, 3.8) is 0 Å². The summed E-state index contributed by atoms with van der Waals surface area (Å²) in [7, 11) is 0. The largest absolute Gasteiger partial charge is 0.379 e. The molecule has 1 aromatic carbocycles. The summed E-state index contributed by atoms with van der Waals surface area (Å²) in [5.74, 6) is -0.200. The van der Waals surface area contributed by atoms with E-state index in [4.69, 9.17) is 4.74 Å². The smallest absolute Gasteiger partial charge is 0.148 e. The molecule has 2 N–H and O–H groups in total. The zero-order chi connectivity index (χ0) is 10.3. The maximum Gasteiger partial charge on any atom is 0.148 e. The summed E-state index contributed by atoms with van der Waals surface area (Å²) in [5.41, 5.74) is 1.38. The number of anilines is 2. The molecule has 4 heteroatoms. The summed E-state index contributed by atoms with van der Waals surface area (Å²) in [6.07, 6.45) is 0.968. The minimum absolute atomic E-state index is 0.0409. The van der Waals surface area contributed by atoms with Crippen LogP contribution in [0.25, 0.3) is 0 Å². The number of ether oxygens (including phenoxy) is 1. The molecule has 1 aromatic rings. The van der Waals surface area contributed by atoms with Gasteiger partial charge in [-0.2, -0.15) is 0 Å². The van der Waals surface area contributed by atoms with Crippen molar-refractivity contribution < 1.29 is 9.13 Å². The van der Waals surface area contributed by atoms with Crippen molar-refractivity contribution in [2.45, 2.75) is 12.0 Å². The first-order valence-electron chi connectivity index (χ1n) is 5.17. The van der Waals surface area contributed by atoms with Crippen LogP contribution in [-0.4, -0.2) is 25.3 Å². The summed E-state index contributed by atoms with van der Waals surface area (Å²) in [4.78, 5) is 0. The summed E-state index contributed by atoms with van der Waals surface area (Å²) in [5, 5.41) is 6.53. The average molecular weight is 208 g/mol. The van der Waals surface area contributed by atoms with Crippen molar-refractivity contribution in [3.8, 4) is 0 Å². The normalized spacial score (nSPS) is 28.3. The molecule has 0 saturated carbocycles. The predicted octanol–water partition coefficient (Wildman–Crippen LogP) is 1.82. The highest BCUT2D eigenvalue weighted by molar-refractivity contribution is 5.72. The molecule has 2 aliphatic heterocycles. The van der Waals surface area contributed by atoms with E-state index < -0.39 is 0 Å². The molecule has 1 fully saturated rings. The van der Waals surface area contributed by atoms with Gasteiger partial charge in [0, 0.05) is 13.2 Å². The van der Waals surface area contributed by atoms with Gasteiger partial charge in [-0.3, -0.25) is 0 Å². The lowest BCUT2D eigenvalue weighted by atomic mass is 9.95. The Kier molecular flexibility index (Phi) is 1.85. The van der Waals surface area contributed by atoms with Gasteiger partial charge in [0.25, 0.3) is 0 Å². The number of hydrogen-bond donors (Lipinski definition) is 2. The zero-order valence-electron chi connectivity index (χ0n) is 8.35. The maximum atomic E-state index is 13.4. The van der Waals surface area contributed by atoms with Gasteiger partial charge in [0.15, 0.2) is 0 Å². The third-order valence-electron chi connectivity index (χ3n) is 3.12. The second-order valence-electron chi connectivity index (χ2n) is 4.22. The minimum Gasteiger partial charge on any atom is -0.379 e. The second kappa shape index (κ2) is 3.10. The molecular weight excluding hydrogens is 195 g/mol. The van der Waals surface area contributed by atoms with E-state index in [1.54, 1.807) is 6.07 Å². The Morgan fingerprint density at radius 2 is 2.33 bits per heavy atom. The maximum absolute atomic E-state index is 13.4. The van der Waals surface area contributed by atoms with Crippen LogP contribution in [0.15, 0.2) is 18.2 Å². The molecule has 1 atom stereocenters. The van der Waals surface area contributed by atoms with Gasteiger partial charge in [-0.1, -0.05) is 6.07 Å². The first-order chi connectivity index (χ1) is 7.29. The molecule has 3 rings (SSSR count). The molecule has 0 amide bonds. The number of rotatable bonds is 0. The van der Waals surface area contributed by atoms with E-state index in [9.17, 15) is 4.39 Å². The van der Waals surface area contributed by atoms with Gasteiger partial charge in [0.2, 0.25) is 0 Å². The van der Waals surface area contributed by atoms with E-state index in [1.807, 2.05) is 6.07 Å². The molecule has 1 saturated heterocycles. The lowest BCUT2D eigenvalue weighted by Gasteiger charge is -2.36. The van der Waals surface area contributed by atoms with Crippen LogP contribution < -0.4 is 10.6 Å². The van der Waals surface area contributed by atoms with Crippen molar-refractivity contribution in [1.82, 2.24) is 0 Å². The Morgan fingerprint density at radius 3 is 3.13 bits per heavy atom. The van der Waals surface area contributed by atoms with Crippen molar-refractivity contribution in [2.24, 2.45) is 0 Å². The fraction of sp³-hybridized carbons (Fsp3) is 0.455. The van der Waals surface area contributed by atoms with Crippen LogP contribution in [0.3, 0.4) is 0 Å². The zero-order valence-corrected chi connectivity index (χ0v) is 8.35. The Morgan fingerprint density at radius 1 is 1.40 bits per heavy atom. The van der Waals surface area contributed by atoms with Crippen LogP contribution in [0, 0.1) is 5.82 Å². The van der Waals surface area contributed by atoms with Gasteiger partial charge in [0.1, 0.15) is 5.82 Å². The molecule has 1 spiro atoms. The molecule has 2 aliphatic rings. The van der Waals surface area contributed by atoms with Crippen LogP contribution in [-0.2, 0) is 4.74 Å². The number of nitrogens with one attached hydrogen (secondary N) is 2. The molecule has 0 radical (unpaired) electrons. The van der Waals surface area contributed by atoms with Crippen LogP contribution >= 0.6 is 0 Å². The number of fused-ring (bicyclic) bond motifs is 1. The Labute approximate surface area is 87.6 Å². The average Bonchev–Trinajstić information content (AvgIpc) is 2.66. The fourth-order valence-electron chi connectivity index (χ4n) is 2.24. The second-order valence-corrected chi connectivity index (χ2v) is 4.22. The van der Waals surface area contributed by atoms with Crippen molar-refractivity contribution in [2.75, 3.05) is 30.4 Å². The topological polar surface area (TPSA) is 33.3 Å². The van der Waals surface area contributed by atoms with E-state index in [2.05, 4.69) is 10.6 Å².